The fourth-order valence-electron chi connectivity index (χ4n) is 1.72. The molecule has 0 saturated heterocycles. The maximum absolute atomic E-state index is 12.0. The van der Waals surface area contributed by atoms with Crippen LogP contribution >= 0.6 is 15.9 Å². The molecule has 0 aromatic heterocycles. The Morgan fingerprint density at radius 1 is 1.35 bits per heavy atom. The zero-order valence-electron chi connectivity index (χ0n) is 10.7. The van der Waals surface area contributed by atoms with Crippen LogP contribution in [0.4, 0.5) is 0 Å². The van der Waals surface area contributed by atoms with Crippen LogP contribution in [-0.2, 0) is 0 Å². The standard InChI is InChI=1S/C14H20BrNO/c1-4-11(5-2)9-16-14(17)12-8-10(3)6-7-13(12)15/h6-8,11H,4-5,9H2,1-3H3,(H,16,17). The van der Waals surface area contributed by atoms with Crippen LogP contribution in [0.5, 0.6) is 0 Å². The highest BCUT2D eigenvalue weighted by Gasteiger charge is 2.11. The minimum atomic E-state index is 0.00692. The van der Waals surface area contributed by atoms with E-state index in [9.17, 15) is 4.79 Å². The lowest BCUT2D eigenvalue weighted by atomic mass is 10.0. The van der Waals surface area contributed by atoms with Gasteiger partial charge < -0.3 is 5.32 Å². The minimum absolute atomic E-state index is 0.00692. The van der Waals surface area contributed by atoms with Gasteiger partial charge in [0.2, 0.25) is 0 Å². The van der Waals surface area contributed by atoms with E-state index in [4.69, 9.17) is 0 Å². The number of rotatable bonds is 5. The Labute approximate surface area is 112 Å². The first-order chi connectivity index (χ1) is 8.08. The van der Waals surface area contributed by atoms with Gasteiger partial charge in [-0.1, -0.05) is 38.3 Å². The molecule has 1 aromatic rings. The molecule has 17 heavy (non-hydrogen) atoms. The number of aryl methyl sites for hydroxylation is 1. The molecule has 1 aromatic carbocycles. The Balaban J connectivity index is 2.66. The molecule has 94 valence electrons. The first-order valence-corrected chi connectivity index (χ1v) is 6.92. The van der Waals surface area contributed by atoms with Gasteiger partial charge in [-0.15, -0.1) is 0 Å². The maximum atomic E-state index is 12.0. The first kappa shape index (κ1) is 14.2. The van der Waals surface area contributed by atoms with Crippen LogP contribution in [0.25, 0.3) is 0 Å². The molecule has 3 heteroatoms. The zero-order valence-corrected chi connectivity index (χ0v) is 12.3. The van der Waals surface area contributed by atoms with E-state index in [1.165, 1.54) is 0 Å². The van der Waals surface area contributed by atoms with Gasteiger partial charge in [0.05, 0.1) is 5.56 Å². The second kappa shape index (κ2) is 6.80. The number of halogens is 1. The normalized spacial score (nSPS) is 10.6. The molecule has 0 spiro atoms. The van der Waals surface area contributed by atoms with Crippen molar-refractivity contribution in [3.8, 4) is 0 Å². The van der Waals surface area contributed by atoms with E-state index in [0.717, 1.165) is 35.0 Å². The van der Waals surface area contributed by atoms with Crippen LogP contribution in [0.3, 0.4) is 0 Å². The van der Waals surface area contributed by atoms with Crippen molar-refractivity contribution in [1.82, 2.24) is 5.32 Å². The number of hydrogen-bond acceptors (Lipinski definition) is 1. The van der Waals surface area contributed by atoms with E-state index in [1.54, 1.807) is 0 Å². The van der Waals surface area contributed by atoms with Crippen molar-refractivity contribution >= 4 is 21.8 Å². The predicted octanol–water partition coefficient (Wildman–Crippen LogP) is 3.92. The Hall–Kier alpha value is -0.830. The molecule has 0 aliphatic heterocycles. The third-order valence-electron chi connectivity index (χ3n) is 3.07. The number of amides is 1. The van der Waals surface area contributed by atoms with Crippen molar-refractivity contribution in [2.24, 2.45) is 5.92 Å². The molecular formula is C14H20BrNO. The average Bonchev–Trinajstić information content (AvgIpc) is 2.33. The summed E-state index contributed by atoms with van der Waals surface area (Å²) in [7, 11) is 0. The maximum Gasteiger partial charge on any atom is 0.252 e. The Morgan fingerprint density at radius 3 is 2.59 bits per heavy atom. The van der Waals surface area contributed by atoms with Crippen molar-refractivity contribution in [2.75, 3.05) is 6.54 Å². The van der Waals surface area contributed by atoms with E-state index in [-0.39, 0.29) is 5.91 Å². The fraction of sp³-hybridized carbons (Fsp3) is 0.500. The van der Waals surface area contributed by atoms with Gasteiger partial charge >= 0.3 is 0 Å². The number of carbonyl (C=O) groups is 1. The summed E-state index contributed by atoms with van der Waals surface area (Å²) in [6.07, 6.45) is 2.21. The minimum Gasteiger partial charge on any atom is -0.352 e. The molecular weight excluding hydrogens is 278 g/mol. The molecule has 0 radical (unpaired) electrons. The van der Waals surface area contributed by atoms with Crippen molar-refractivity contribution in [2.45, 2.75) is 33.6 Å². The Bertz CT molecular complexity index is 386. The third-order valence-corrected chi connectivity index (χ3v) is 3.76. The fourth-order valence-corrected chi connectivity index (χ4v) is 2.15. The van der Waals surface area contributed by atoms with Crippen molar-refractivity contribution in [1.29, 1.82) is 0 Å². The smallest absolute Gasteiger partial charge is 0.252 e. The number of hydrogen-bond donors (Lipinski definition) is 1. The zero-order chi connectivity index (χ0) is 12.8. The Kier molecular flexibility index (Phi) is 5.69. The molecule has 0 saturated carbocycles. The topological polar surface area (TPSA) is 29.1 Å². The van der Waals surface area contributed by atoms with Crippen molar-refractivity contribution in [3.63, 3.8) is 0 Å². The lowest BCUT2D eigenvalue weighted by Crippen LogP contribution is -2.29. The molecule has 0 aliphatic carbocycles. The molecule has 0 aliphatic rings. The van der Waals surface area contributed by atoms with Gasteiger partial charge in [0, 0.05) is 11.0 Å². The van der Waals surface area contributed by atoms with E-state index in [0.29, 0.717) is 5.92 Å². The molecule has 0 heterocycles. The molecule has 0 unspecified atom stereocenters. The molecule has 2 nitrogen and oxygen atoms in total. The van der Waals surface area contributed by atoms with Gasteiger partial charge in [0.15, 0.2) is 0 Å². The predicted molar refractivity (Wildman–Crippen MR) is 75.3 cm³/mol. The number of nitrogens with one attached hydrogen (secondary N) is 1. The lowest BCUT2D eigenvalue weighted by Gasteiger charge is -2.14. The van der Waals surface area contributed by atoms with Gasteiger partial charge in [0.1, 0.15) is 0 Å². The summed E-state index contributed by atoms with van der Waals surface area (Å²) in [4.78, 5) is 12.0. The summed E-state index contributed by atoms with van der Waals surface area (Å²) in [5, 5.41) is 3.00. The SMILES string of the molecule is CCC(CC)CNC(=O)c1cc(C)ccc1Br. The van der Waals surface area contributed by atoms with Gasteiger partial charge in [-0.25, -0.2) is 0 Å². The number of carbonyl (C=O) groups excluding carboxylic acids is 1. The van der Waals surface area contributed by atoms with Crippen molar-refractivity contribution < 1.29 is 4.79 Å². The highest BCUT2D eigenvalue weighted by atomic mass is 79.9. The highest BCUT2D eigenvalue weighted by molar-refractivity contribution is 9.10. The highest BCUT2D eigenvalue weighted by Crippen LogP contribution is 2.18. The monoisotopic (exact) mass is 297 g/mol. The lowest BCUT2D eigenvalue weighted by molar-refractivity contribution is 0.0945. The Morgan fingerprint density at radius 2 is 2.00 bits per heavy atom. The van der Waals surface area contributed by atoms with Crippen LogP contribution in [0.1, 0.15) is 42.6 Å². The molecule has 0 fully saturated rings. The van der Waals surface area contributed by atoms with Crippen LogP contribution in [-0.4, -0.2) is 12.5 Å². The van der Waals surface area contributed by atoms with Crippen LogP contribution in [0, 0.1) is 12.8 Å². The summed E-state index contributed by atoms with van der Waals surface area (Å²) in [6, 6.07) is 5.81. The van der Waals surface area contributed by atoms with Crippen LogP contribution in [0.2, 0.25) is 0 Å². The second-order valence-corrected chi connectivity index (χ2v) is 5.23. The molecule has 1 N–H and O–H groups in total. The number of benzene rings is 1. The molecule has 0 atom stereocenters. The van der Waals surface area contributed by atoms with E-state index < -0.39 is 0 Å². The van der Waals surface area contributed by atoms with E-state index in [1.807, 2.05) is 25.1 Å². The van der Waals surface area contributed by atoms with Gasteiger partial charge in [-0.2, -0.15) is 0 Å². The third kappa shape index (κ3) is 4.15. The quantitative estimate of drug-likeness (QED) is 0.877. The first-order valence-electron chi connectivity index (χ1n) is 6.12. The summed E-state index contributed by atoms with van der Waals surface area (Å²) >= 11 is 3.41. The average molecular weight is 298 g/mol. The summed E-state index contributed by atoms with van der Waals surface area (Å²) < 4.78 is 0.852. The van der Waals surface area contributed by atoms with E-state index >= 15 is 0 Å². The second-order valence-electron chi connectivity index (χ2n) is 4.38. The van der Waals surface area contributed by atoms with Gasteiger partial charge in [0.25, 0.3) is 5.91 Å². The van der Waals surface area contributed by atoms with Gasteiger partial charge in [-0.3, -0.25) is 4.79 Å². The molecule has 0 bridgehead atoms. The summed E-state index contributed by atoms with van der Waals surface area (Å²) in [6.45, 7) is 7.06. The van der Waals surface area contributed by atoms with Gasteiger partial charge in [-0.05, 0) is 40.9 Å². The van der Waals surface area contributed by atoms with Crippen molar-refractivity contribution in [3.05, 3.63) is 33.8 Å². The largest absolute Gasteiger partial charge is 0.352 e. The summed E-state index contributed by atoms with van der Waals surface area (Å²) in [5.74, 6) is 0.579. The van der Waals surface area contributed by atoms with Crippen LogP contribution in [0.15, 0.2) is 22.7 Å². The molecule has 1 amide bonds. The van der Waals surface area contributed by atoms with E-state index in [2.05, 4.69) is 35.1 Å². The summed E-state index contributed by atoms with van der Waals surface area (Å²) in [5.41, 5.74) is 1.82. The molecule has 1 rings (SSSR count). The van der Waals surface area contributed by atoms with Crippen LogP contribution < -0.4 is 5.32 Å².